The number of anilines is 1. The minimum Gasteiger partial charge on any atom is -0.297 e. The van der Waals surface area contributed by atoms with Crippen LogP contribution in [0.3, 0.4) is 0 Å². The average molecular weight is 393 g/mol. The van der Waals surface area contributed by atoms with Gasteiger partial charge in [0, 0.05) is 19.0 Å². The van der Waals surface area contributed by atoms with E-state index < -0.39 is 11.7 Å². The molecule has 0 bridgehead atoms. The second kappa shape index (κ2) is 8.13. The molecule has 0 radical (unpaired) electrons. The SMILES string of the molecule is CC1Cc2nc(NC(=O)c3ccccc3F)nn2CC1N(C)Cc1ccccc1. The molecule has 29 heavy (non-hydrogen) atoms. The van der Waals surface area contributed by atoms with Crippen molar-refractivity contribution >= 4 is 11.9 Å². The highest BCUT2D eigenvalue weighted by Crippen LogP contribution is 2.25. The van der Waals surface area contributed by atoms with Gasteiger partial charge in [0.1, 0.15) is 11.6 Å². The number of aromatic nitrogens is 3. The number of nitrogens with zero attached hydrogens (tertiary/aromatic N) is 4. The van der Waals surface area contributed by atoms with Crippen LogP contribution in [0, 0.1) is 11.7 Å². The maximum absolute atomic E-state index is 13.8. The predicted molar refractivity (Wildman–Crippen MR) is 109 cm³/mol. The van der Waals surface area contributed by atoms with E-state index >= 15 is 0 Å². The lowest BCUT2D eigenvalue weighted by atomic mass is 9.93. The van der Waals surface area contributed by atoms with Crippen molar-refractivity contribution in [3.8, 4) is 0 Å². The van der Waals surface area contributed by atoms with Gasteiger partial charge >= 0.3 is 0 Å². The second-order valence-corrected chi connectivity index (χ2v) is 7.62. The van der Waals surface area contributed by atoms with Gasteiger partial charge in [-0.15, -0.1) is 5.10 Å². The van der Waals surface area contributed by atoms with Gasteiger partial charge in [-0.05, 0) is 30.7 Å². The van der Waals surface area contributed by atoms with E-state index in [0.29, 0.717) is 18.5 Å². The minimum absolute atomic E-state index is 0.0193. The first-order chi connectivity index (χ1) is 14.0. The number of rotatable bonds is 5. The van der Waals surface area contributed by atoms with Crippen LogP contribution in [-0.2, 0) is 19.5 Å². The molecule has 2 unspecified atom stereocenters. The standard InChI is InChI=1S/C22H24FN5O/c1-15-12-20-24-22(25-21(29)17-10-6-7-11-18(17)23)26-28(20)14-19(15)27(2)13-16-8-4-3-5-9-16/h3-11,15,19H,12-14H2,1-2H3,(H,25,26,29). The van der Waals surface area contributed by atoms with E-state index in [1.54, 1.807) is 12.1 Å². The molecule has 3 aromatic rings. The number of fused-ring (bicyclic) bond motifs is 1. The van der Waals surface area contributed by atoms with Gasteiger partial charge < -0.3 is 0 Å². The number of hydrogen-bond donors (Lipinski definition) is 1. The Morgan fingerprint density at radius 3 is 2.69 bits per heavy atom. The highest BCUT2D eigenvalue weighted by molar-refractivity contribution is 6.03. The van der Waals surface area contributed by atoms with Gasteiger partial charge in [0.2, 0.25) is 5.95 Å². The summed E-state index contributed by atoms with van der Waals surface area (Å²) in [5.74, 6) is 0.343. The zero-order chi connectivity index (χ0) is 20.4. The normalized spacial score (nSPS) is 18.5. The molecule has 1 N–H and O–H groups in total. The van der Waals surface area contributed by atoms with Crippen LogP contribution in [0.1, 0.15) is 28.7 Å². The van der Waals surface area contributed by atoms with Crippen molar-refractivity contribution in [3.63, 3.8) is 0 Å². The maximum Gasteiger partial charge on any atom is 0.261 e. The van der Waals surface area contributed by atoms with Crippen LogP contribution >= 0.6 is 0 Å². The van der Waals surface area contributed by atoms with E-state index in [0.717, 1.165) is 18.8 Å². The summed E-state index contributed by atoms with van der Waals surface area (Å²) in [6.07, 6.45) is 0.770. The van der Waals surface area contributed by atoms with Crippen LogP contribution in [-0.4, -0.2) is 38.7 Å². The van der Waals surface area contributed by atoms with Gasteiger partial charge in [0.15, 0.2) is 0 Å². The number of benzene rings is 2. The molecule has 0 saturated heterocycles. The molecule has 1 amide bonds. The summed E-state index contributed by atoms with van der Waals surface area (Å²) in [5.41, 5.74) is 1.25. The monoisotopic (exact) mass is 393 g/mol. The first-order valence-electron chi connectivity index (χ1n) is 9.75. The van der Waals surface area contributed by atoms with E-state index in [-0.39, 0.29) is 11.5 Å². The number of carbonyl (C=O) groups is 1. The highest BCUT2D eigenvalue weighted by atomic mass is 19.1. The third kappa shape index (κ3) is 4.19. The van der Waals surface area contributed by atoms with Crippen molar-refractivity contribution in [2.75, 3.05) is 12.4 Å². The van der Waals surface area contributed by atoms with Gasteiger partial charge in [-0.25, -0.2) is 9.07 Å². The molecular weight excluding hydrogens is 369 g/mol. The van der Waals surface area contributed by atoms with Crippen molar-refractivity contribution in [1.29, 1.82) is 0 Å². The zero-order valence-electron chi connectivity index (χ0n) is 16.5. The fourth-order valence-corrected chi connectivity index (χ4v) is 3.88. The third-order valence-electron chi connectivity index (χ3n) is 5.45. The second-order valence-electron chi connectivity index (χ2n) is 7.62. The minimum atomic E-state index is -0.565. The number of nitrogens with one attached hydrogen (secondary N) is 1. The van der Waals surface area contributed by atoms with Gasteiger partial charge in [-0.2, -0.15) is 4.98 Å². The van der Waals surface area contributed by atoms with Gasteiger partial charge in [-0.1, -0.05) is 49.4 Å². The fourth-order valence-electron chi connectivity index (χ4n) is 3.88. The third-order valence-corrected chi connectivity index (χ3v) is 5.45. The molecule has 0 aliphatic carbocycles. The van der Waals surface area contributed by atoms with E-state index in [1.807, 2.05) is 22.9 Å². The van der Waals surface area contributed by atoms with E-state index in [4.69, 9.17) is 0 Å². The van der Waals surface area contributed by atoms with Gasteiger partial charge in [0.05, 0.1) is 12.1 Å². The zero-order valence-corrected chi connectivity index (χ0v) is 16.5. The molecule has 6 nitrogen and oxygen atoms in total. The molecule has 7 heteroatoms. The van der Waals surface area contributed by atoms with Crippen LogP contribution < -0.4 is 5.32 Å². The van der Waals surface area contributed by atoms with E-state index in [2.05, 4.69) is 46.4 Å². The number of halogens is 1. The lowest BCUT2D eigenvalue weighted by molar-refractivity contribution is 0.102. The average Bonchev–Trinajstić information content (AvgIpc) is 3.09. The fraction of sp³-hybridized carbons (Fsp3) is 0.318. The van der Waals surface area contributed by atoms with Gasteiger partial charge in [-0.3, -0.25) is 15.0 Å². The van der Waals surface area contributed by atoms with Gasteiger partial charge in [0.25, 0.3) is 5.91 Å². The molecule has 4 rings (SSSR count). The van der Waals surface area contributed by atoms with Crippen molar-refractivity contribution in [1.82, 2.24) is 19.7 Å². The Kier molecular flexibility index (Phi) is 5.40. The Morgan fingerprint density at radius 1 is 1.21 bits per heavy atom. The molecule has 2 atom stereocenters. The van der Waals surface area contributed by atoms with Crippen LogP contribution in [0.15, 0.2) is 54.6 Å². The van der Waals surface area contributed by atoms with Crippen LogP contribution in [0.2, 0.25) is 0 Å². The summed E-state index contributed by atoms with van der Waals surface area (Å²) in [4.78, 5) is 19.1. The molecule has 150 valence electrons. The lowest BCUT2D eigenvalue weighted by Gasteiger charge is -2.36. The van der Waals surface area contributed by atoms with Crippen LogP contribution in [0.5, 0.6) is 0 Å². The molecule has 1 aliphatic rings. The van der Waals surface area contributed by atoms with Crippen molar-refractivity contribution in [2.24, 2.45) is 5.92 Å². The summed E-state index contributed by atoms with van der Waals surface area (Å²) in [6, 6.07) is 16.5. The predicted octanol–water partition coefficient (Wildman–Crippen LogP) is 3.36. The molecular formula is C22H24FN5O. The van der Waals surface area contributed by atoms with Crippen LogP contribution in [0.4, 0.5) is 10.3 Å². The molecule has 2 heterocycles. The summed E-state index contributed by atoms with van der Waals surface area (Å²) in [6.45, 7) is 3.76. The summed E-state index contributed by atoms with van der Waals surface area (Å²) < 4.78 is 15.7. The summed E-state index contributed by atoms with van der Waals surface area (Å²) in [7, 11) is 2.12. The number of amides is 1. The van der Waals surface area contributed by atoms with E-state index in [1.165, 1.54) is 17.7 Å². The van der Waals surface area contributed by atoms with E-state index in [9.17, 15) is 9.18 Å². The Morgan fingerprint density at radius 2 is 1.93 bits per heavy atom. The summed E-state index contributed by atoms with van der Waals surface area (Å²) in [5, 5.41) is 7.06. The molecule has 0 spiro atoms. The quantitative estimate of drug-likeness (QED) is 0.722. The number of carbonyl (C=O) groups excluding carboxylic acids is 1. The number of hydrogen-bond acceptors (Lipinski definition) is 4. The Hall–Kier alpha value is -3.06. The van der Waals surface area contributed by atoms with Crippen molar-refractivity contribution in [3.05, 3.63) is 77.4 Å². The van der Waals surface area contributed by atoms with Crippen molar-refractivity contribution in [2.45, 2.75) is 32.5 Å². The topological polar surface area (TPSA) is 63.1 Å². The lowest BCUT2D eigenvalue weighted by Crippen LogP contribution is -2.44. The first-order valence-corrected chi connectivity index (χ1v) is 9.75. The Bertz CT molecular complexity index is 1000. The largest absolute Gasteiger partial charge is 0.297 e. The molecule has 1 aliphatic heterocycles. The summed E-state index contributed by atoms with van der Waals surface area (Å²) >= 11 is 0. The number of likely N-dealkylation sites (N-methyl/N-ethyl adjacent to an activating group) is 1. The Balaban J connectivity index is 1.46. The molecule has 0 saturated carbocycles. The smallest absolute Gasteiger partial charge is 0.261 e. The first kappa shape index (κ1) is 19.3. The molecule has 2 aromatic carbocycles. The molecule has 0 fully saturated rings. The van der Waals surface area contributed by atoms with Crippen LogP contribution in [0.25, 0.3) is 0 Å². The Labute approximate surface area is 169 Å². The van der Waals surface area contributed by atoms with Crippen molar-refractivity contribution < 1.29 is 9.18 Å². The highest BCUT2D eigenvalue weighted by Gasteiger charge is 2.31. The maximum atomic E-state index is 13.8. The molecule has 1 aromatic heterocycles.